The summed E-state index contributed by atoms with van der Waals surface area (Å²) in [6, 6.07) is 2.66. The minimum Gasteiger partial charge on any atom is -0.369 e. The van der Waals surface area contributed by atoms with Crippen LogP contribution in [0, 0.1) is 16.7 Å². The summed E-state index contributed by atoms with van der Waals surface area (Å²) in [6.07, 6.45) is 4.36. The van der Waals surface area contributed by atoms with Crippen LogP contribution in [-0.4, -0.2) is 27.6 Å². The first-order valence-corrected chi connectivity index (χ1v) is 9.32. The maximum Gasteiger partial charge on any atom is 0.0875 e. The molecule has 0 bridgehead atoms. The summed E-state index contributed by atoms with van der Waals surface area (Å²) in [7, 11) is 0. The Balaban J connectivity index is 2.20. The molecule has 0 aromatic carbocycles. The molecule has 0 radical (unpaired) electrons. The van der Waals surface area contributed by atoms with Gasteiger partial charge in [0, 0.05) is 41.1 Å². The van der Waals surface area contributed by atoms with Gasteiger partial charge < -0.3 is 5.32 Å². The molecule has 4 atom stereocenters. The molecule has 3 rings (SSSR count). The molecule has 0 saturated carbocycles. The number of aromatic nitrogens is 1. The maximum atomic E-state index is 4.45. The van der Waals surface area contributed by atoms with E-state index in [1.807, 2.05) is 6.20 Å². The lowest BCUT2D eigenvalue weighted by Gasteiger charge is -2.49. The molecule has 0 spiro atoms. The normalized spacial score (nSPS) is 30.9. The Morgan fingerprint density at radius 1 is 0.958 bits per heavy atom. The zero-order valence-corrected chi connectivity index (χ0v) is 16.9. The zero-order valence-electron chi connectivity index (χ0n) is 16.9. The molecule has 2 aliphatic rings. The average Bonchev–Trinajstić information content (AvgIpc) is 2.89. The van der Waals surface area contributed by atoms with E-state index >= 15 is 0 Å². The highest BCUT2D eigenvalue weighted by Gasteiger charge is 2.61. The standard InChI is InChI=1S/C21H35N3/c1-19(2,3)16-15-13-12-22-11-10-14(13)23-18(15)24(21(7,8)9)17(16)20(4,5)6/h10-12,15-18,23H,1-9H3. The first-order chi connectivity index (χ1) is 10.8. The van der Waals surface area contributed by atoms with Gasteiger partial charge in [-0.25, -0.2) is 0 Å². The number of anilines is 1. The predicted molar refractivity (Wildman–Crippen MR) is 102 cm³/mol. The summed E-state index contributed by atoms with van der Waals surface area (Å²) in [5, 5.41) is 3.84. The second kappa shape index (κ2) is 5.20. The number of hydrogen-bond acceptors (Lipinski definition) is 3. The lowest BCUT2D eigenvalue weighted by atomic mass is 9.64. The van der Waals surface area contributed by atoms with E-state index in [9.17, 15) is 0 Å². The Morgan fingerprint density at radius 2 is 1.58 bits per heavy atom. The third-order valence-electron chi connectivity index (χ3n) is 5.84. The third kappa shape index (κ3) is 2.65. The molecule has 134 valence electrons. The van der Waals surface area contributed by atoms with Gasteiger partial charge in [-0.2, -0.15) is 0 Å². The molecule has 3 nitrogen and oxygen atoms in total. The van der Waals surface area contributed by atoms with Gasteiger partial charge in [0.2, 0.25) is 0 Å². The van der Waals surface area contributed by atoms with Gasteiger partial charge in [0.15, 0.2) is 0 Å². The topological polar surface area (TPSA) is 28.2 Å². The lowest BCUT2D eigenvalue weighted by molar-refractivity contribution is -0.000423. The molecule has 4 unspecified atom stereocenters. The van der Waals surface area contributed by atoms with E-state index in [1.54, 1.807) is 0 Å². The SMILES string of the molecule is CC(C)(C)C1C2c3cnccc3NC2N(C(C)(C)C)C1C(C)(C)C. The molecule has 1 fully saturated rings. The number of pyridine rings is 1. The van der Waals surface area contributed by atoms with Gasteiger partial charge >= 0.3 is 0 Å². The summed E-state index contributed by atoms with van der Waals surface area (Å²) in [4.78, 5) is 7.21. The number of nitrogens with one attached hydrogen (secondary N) is 1. The Morgan fingerprint density at radius 3 is 2.08 bits per heavy atom. The number of likely N-dealkylation sites (tertiary alicyclic amines) is 1. The Hall–Kier alpha value is -1.09. The van der Waals surface area contributed by atoms with Gasteiger partial charge in [0.05, 0.1) is 6.17 Å². The van der Waals surface area contributed by atoms with Crippen molar-refractivity contribution < 1.29 is 0 Å². The summed E-state index contributed by atoms with van der Waals surface area (Å²) in [6.45, 7) is 21.5. The van der Waals surface area contributed by atoms with Gasteiger partial charge in [-0.15, -0.1) is 0 Å². The smallest absolute Gasteiger partial charge is 0.0875 e. The van der Waals surface area contributed by atoms with Crippen molar-refractivity contribution in [2.24, 2.45) is 16.7 Å². The van der Waals surface area contributed by atoms with Gasteiger partial charge in [0.1, 0.15) is 0 Å². The molecule has 1 aromatic heterocycles. The van der Waals surface area contributed by atoms with Crippen molar-refractivity contribution in [3.05, 3.63) is 24.0 Å². The number of fused-ring (bicyclic) bond motifs is 3. The zero-order chi connectivity index (χ0) is 18.1. The van der Waals surface area contributed by atoms with Crippen molar-refractivity contribution in [2.45, 2.75) is 86.0 Å². The molecule has 1 N–H and O–H groups in total. The van der Waals surface area contributed by atoms with Crippen LogP contribution in [0.25, 0.3) is 0 Å². The largest absolute Gasteiger partial charge is 0.369 e. The summed E-state index contributed by atoms with van der Waals surface area (Å²) in [5.74, 6) is 1.08. The van der Waals surface area contributed by atoms with Crippen LogP contribution in [0.3, 0.4) is 0 Å². The quantitative estimate of drug-likeness (QED) is 0.717. The van der Waals surface area contributed by atoms with Gasteiger partial charge in [0.25, 0.3) is 0 Å². The minimum atomic E-state index is 0.114. The van der Waals surface area contributed by atoms with Crippen molar-refractivity contribution in [3.8, 4) is 0 Å². The molecule has 0 amide bonds. The minimum absolute atomic E-state index is 0.114. The lowest BCUT2D eigenvalue weighted by Crippen LogP contribution is -2.56. The van der Waals surface area contributed by atoms with Crippen LogP contribution in [0.15, 0.2) is 18.5 Å². The van der Waals surface area contributed by atoms with Gasteiger partial charge in [-0.05, 0) is 43.6 Å². The summed E-state index contributed by atoms with van der Waals surface area (Å²) < 4.78 is 0. The van der Waals surface area contributed by atoms with Crippen LogP contribution < -0.4 is 5.32 Å². The third-order valence-corrected chi connectivity index (χ3v) is 5.84. The fourth-order valence-corrected chi connectivity index (χ4v) is 5.20. The van der Waals surface area contributed by atoms with Crippen molar-refractivity contribution in [3.63, 3.8) is 0 Å². The van der Waals surface area contributed by atoms with Crippen molar-refractivity contribution in [1.29, 1.82) is 0 Å². The molecule has 24 heavy (non-hydrogen) atoms. The van der Waals surface area contributed by atoms with E-state index < -0.39 is 0 Å². The van der Waals surface area contributed by atoms with Gasteiger partial charge in [-0.1, -0.05) is 41.5 Å². The Labute approximate surface area is 148 Å². The molecule has 1 saturated heterocycles. The second-order valence-electron chi connectivity index (χ2n) is 10.9. The highest BCUT2D eigenvalue weighted by molar-refractivity contribution is 5.59. The van der Waals surface area contributed by atoms with Crippen LogP contribution >= 0.6 is 0 Å². The Kier molecular flexibility index (Phi) is 3.84. The highest BCUT2D eigenvalue weighted by atomic mass is 15.4. The number of hydrogen-bond donors (Lipinski definition) is 1. The van der Waals surface area contributed by atoms with Crippen LogP contribution in [0.5, 0.6) is 0 Å². The molecule has 3 heteroatoms. The van der Waals surface area contributed by atoms with Crippen molar-refractivity contribution in [2.75, 3.05) is 5.32 Å². The fraction of sp³-hybridized carbons (Fsp3) is 0.762. The van der Waals surface area contributed by atoms with Crippen molar-refractivity contribution in [1.82, 2.24) is 9.88 Å². The van der Waals surface area contributed by atoms with Crippen LogP contribution in [0.1, 0.15) is 73.8 Å². The van der Waals surface area contributed by atoms with E-state index in [4.69, 9.17) is 0 Å². The van der Waals surface area contributed by atoms with E-state index in [1.165, 1.54) is 11.3 Å². The fourth-order valence-electron chi connectivity index (χ4n) is 5.20. The molecular weight excluding hydrogens is 294 g/mol. The molecule has 0 aliphatic carbocycles. The maximum absolute atomic E-state index is 4.45. The van der Waals surface area contributed by atoms with E-state index in [0.29, 0.717) is 24.0 Å². The Bertz CT molecular complexity index is 615. The molecule has 3 heterocycles. The second-order valence-corrected chi connectivity index (χ2v) is 10.9. The van der Waals surface area contributed by atoms with Gasteiger partial charge in [-0.3, -0.25) is 9.88 Å². The first-order valence-electron chi connectivity index (χ1n) is 9.32. The molecule has 1 aromatic rings. The van der Waals surface area contributed by atoms with Crippen LogP contribution in [0.4, 0.5) is 5.69 Å². The van der Waals surface area contributed by atoms with E-state index in [0.717, 1.165) is 0 Å². The van der Waals surface area contributed by atoms with Crippen molar-refractivity contribution >= 4 is 5.69 Å². The number of nitrogens with zero attached hydrogens (tertiary/aromatic N) is 2. The molecule has 2 aliphatic heterocycles. The average molecular weight is 330 g/mol. The first kappa shape index (κ1) is 17.7. The number of rotatable bonds is 0. The van der Waals surface area contributed by atoms with Crippen LogP contribution in [-0.2, 0) is 0 Å². The summed E-state index contributed by atoms with van der Waals surface area (Å²) in [5.41, 5.74) is 3.25. The van der Waals surface area contributed by atoms with E-state index in [-0.39, 0.29) is 16.4 Å². The summed E-state index contributed by atoms with van der Waals surface area (Å²) >= 11 is 0. The predicted octanol–water partition coefficient (Wildman–Crippen LogP) is 5.11. The molecular formula is C21H35N3. The highest BCUT2D eigenvalue weighted by Crippen LogP contribution is 2.59. The van der Waals surface area contributed by atoms with E-state index in [2.05, 4.69) is 89.8 Å². The van der Waals surface area contributed by atoms with Crippen LogP contribution in [0.2, 0.25) is 0 Å². The monoisotopic (exact) mass is 329 g/mol.